The predicted octanol–water partition coefficient (Wildman–Crippen LogP) is 2.11. The minimum atomic E-state index is -0.259. The number of esters is 1. The van der Waals surface area contributed by atoms with E-state index in [0.717, 1.165) is 18.4 Å². The van der Waals surface area contributed by atoms with Gasteiger partial charge in [0, 0.05) is 19.4 Å². The molecule has 0 aliphatic rings. The van der Waals surface area contributed by atoms with E-state index in [1.165, 1.54) is 6.92 Å². The largest absolute Gasteiger partial charge is 0.465 e. The van der Waals surface area contributed by atoms with Crippen LogP contribution in [0.1, 0.15) is 31.2 Å². The lowest BCUT2D eigenvalue weighted by Crippen LogP contribution is -2.11. The van der Waals surface area contributed by atoms with Crippen LogP contribution in [0.15, 0.2) is 30.3 Å². The minimum absolute atomic E-state index is 0.170. The van der Waals surface area contributed by atoms with Gasteiger partial charge in [0.1, 0.15) is 0 Å². The van der Waals surface area contributed by atoms with E-state index in [2.05, 4.69) is 0 Å². The Morgan fingerprint density at radius 3 is 2.62 bits per heavy atom. The van der Waals surface area contributed by atoms with Gasteiger partial charge in [-0.1, -0.05) is 30.3 Å². The average Bonchev–Trinajstić information content (AvgIpc) is 2.30. The number of benzene rings is 1. The highest BCUT2D eigenvalue weighted by atomic mass is 16.5. The number of hydrogen-bond acceptors (Lipinski definition) is 3. The maximum absolute atomic E-state index is 10.8. The molecule has 1 aromatic rings. The summed E-state index contributed by atoms with van der Waals surface area (Å²) in [5, 5.41) is 8.83. The van der Waals surface area contributed by atoms with Gasteiger partial charge in [0.05, 0.1) is 6.61 Å². The molecule has 0 heterocycles. The molecule has 0 aliphatic heterocycles. The first kappa shape index (κ1) is 12.7. The van der Waals surface area contributed by atoms with Gasteiger partial charge < -0.3 is 9.84 Å². The van der Waals surface area contributed by atoms with Gasteiger partial charge in [-0.2, -0.15) is 0 Å². The molecule has 1 atom stereocenters. The highest BCUT2D eigenvalue weighted by Gasteiger charge is 2.12. The molecular weight excluding hydrogens is 204 g/mol. The fraction of sp³-hybridized carbons (Fsp3) is 0.462. The van der Waals surface area contributed by atoms with Gasteiger partial charge in [-0.3, -0.25) is 4.79 Å². The maximum atomic E-state index is 10.8. The molecule has 0 aliphatic carbocycles. The van der Waals surface area contributed by atoms with Crippen molar-refractivity contribution >= 4 is 5.97 Å². The Balaban J connectivity index is 2.59. The lowest BCUT2D eigenvalue weighted by atomic mass is 9.95. The van der Waals surface area contributed by atoms with Crippen LogP contribution in [-0.2, 0) is 9.53 Å². The monoisotopic (exact) mass is 222 g/mol. The Morgan fingerprint density at radius 2 is 2.06 bits per heavy atom. The molecule has 1 N–H and O–H groups in total. The van der Waals surface area contributed by atoms with E-state index in [-0.39, 0.29) is 18.5 Å². The van der Waals surface area contributed by atoms with Crippen molar-refractivity contribution in [3.8, 4) is 0 Å². The Labute approximate surface area is 96.1 Å². The summed E-state index contributed by atoms with van der Waals surface area (Å²) in [6, 6.07) is 9.93. The standard InChI is InChI=1S/C13H18O3/c1-11(15)16-10-13(8-5-9-14)12-6-3-2-4-7-12/h2-4,6-7,13-14H,5,8-10H2,1H3. The second kappa shape index (κ2) is 7.01. The van der Waals surface area contributed by atoms with Gasteiger partial charge in [-0.25, -0.2) is 0 Å². The number of carbonyl (C=O) groups is 1. The average molecular weight is 222 g/mol. The zero-order valence-corrected chi connectivity index (χ0v) is 9.56. The zero-order chi connectivity index (χ0) is 11.8. The van der Waals surface area contributed by atoms with Crippen molar-refractivity contribution in [2.45, 2.75) is 25.7 Å². The van der Waals surface area contributed by atoms with E-state index >= 15 is 0 Å². The molecule has 0 amide bonds. The molecule has 16 heavy (non-hydrogen) atoms. The summed E-state index contributed by atoms with van der Waals surface area (Å²) in [6.07, 6.45) is 1.55. The fourth-order valence-electron chi connectivity index (χ4n) is 1.63. The molecule has 1 rings (SSSR count). The highest BCUT2D eigenvalue weighted by molar-refractivity contribution is 5.65. The number of rotatable bonds is 6. The van der Waals surface area contributed by atoms with Crippen LogP contribution in [0, 0.1) is 0 Å². The van der Waals surface area contributed by atoms with Crippen molar-refractivity contribution in [1.29, 1.82) is 0 Å². The fourth-order valence-corrected chi connectivity index (χ4v) is 1.63. The molecule has 0 fully saturated rings. The van der Waals surface area contributed by atoms with E-state index in [0.29, 0.717) is 6.61 Å². The van der Waals surface area contributed by atoms with Gasteiger partial charge in [0.15, 0.2) is 0 Å². The molecule has 3 heteroatoms. The lowest BCUT2D eigenvalue weighted by molar-refractivity contribution is -0.141. The molecule has 0 aromatic heterocycles. The molecule has 0 saturated heterocycles. The Bertz CT molecular complexity index is 308. The van der Waals surface area contributed by atoms with Crippen LogP contribution in [0.25, 0.3) is 0 Å². The molecule has 0 spiro atoms. The van der Waals surface area contributed by atoms with Crippen LogP contribution in [0.5, 0.6) is 0 Å². The van der Waals surface area contributed by atoms with Crippen molar-refractivity contribution in [1.82, 2.24) is 0 Å². The summed E-state index contributed by atoms with van der Waals surface area (Å²) >= 11 is 0. The molecule has 0 saturated carbocycles. The molecule has 88 valence electrons. The van der Waals surface area contributed by atoms with Gasteiger partial charge in [-0.15, -0.1) is 0 Å². The maximum Gasteiger partial charge on any atom is 0.302 e. The van der Waals surface area contributed by atoms with Gasteiger partial charge in [0.25, 0.3) is 0 Å². The minimum Gasteiger partial charge on any atom is -0.465 e. The highest BCUT2D eigenvalue weighted by Crippen LogP contribution is 2.21. The second-order valence-electron chi connectivity index (χ2n) is 3.78. The summed E-state index contributed by atoms with van der Waals surface area (Å²) in [5.74, 6) is -0.0813. The Kier molecular flexibility index (Phi) is 5.57. The van der Waals surface area contributed by atoms with Crippen LogP contribution in [0.2, 0.25) is 0 Å². The number of aliphatic hydroxyl groups is 1. The second-order valence-corrected chi connectivity index (χ2v) is 3.78. The van der Waals surface area contributed by atoms with Crippen LogP contribution in [-0.4, -0.2) is 24.3 Å². The number of carbonyl (C=O) groups excluding carboxylic acids is 1. The first-order valence-corrected chi connectivity index (χ1v) is 5.53. The summed E-state index contributed by atoms with van der Waals surface area (Å²) < 4.78 is 5.03. The zero-order valence-electron chi connectivity index (χ0n) is 9.56. The normalized spacial score (nSPS) is 12.1. The van der Waals surface area contributed by atoms with Crippen LogP contribution < -0.4 is 0 Å². The van der Waals surface area contributed by atoms with E-state index in [4.69, 9.17) is 9.84 Å². The van der Waals surface area contributed by atoms with Gasteiger partial charge in [-0.05, 0) is 18.4 Å². The predicted molar refractivity (Wildman–Crippen MR) is 62.1 cm³/mol. The number of aliphatic hydroxyl groups excluding tert-OH is 1. The first-order chi connectivity index (χ1) is 7.74. The van der Waals surface area contributed by atoms with Crippen molar-refractivity contribution < 1.29 is 14.6 Å². The van der Waals surface area contributed by atoms with Crippen molar-refractivity contribution in [2.24, 2.45) is 0 Å². The molecule has 0 radical (unpaired) electrons. The van der Waals surface area contributed by atoms with Crippen LogP contribution >= 0.6 is 0 Å². The SMILES string of the molecule is CC(=O)OCC(CCCO)c1ccccc1. The van der Waals surface area contributed by atoms with E-state index < -0.39 is 0 Å². The van der Waals surface area contributed by atoms with E-state index in [1.54, 1.807) is 0 Å². The van der Waals surface area contributed by atoms with Gasteiger partial charge >= 0.3 is 5.97 Å². The summed E-state index contributed by atoms with van der Waals surface area (Å²) in [7, 11) is 0. The third kappa shape index (κ3) is 4.45. The van der Waals surface area contributed by atoms with Crippen LogP contribution in [0.3, 0.4) is 0 Å². The molecule has 1 aromatic carbocycles. The summed E-state index contributed by atoms with van der Waals surface area (Å²) in [5.41, 5.74) is 1.15. The topological polar surface area (TPSA) is 46.5 Å². The number of hydrogen-bond donors (Lipinski definition) is 1. The van der Waals surface area contributed by atoms with Crippen molar-refractivity contribution in [3.05, 3.63) is 35.9 Å². The molecular formula is C13H18O3. The summed E-state index contributed by atoms with van der Waals surface area (Å²) in [6.45, 7) is 1.97. The van der Waals surface area contributed by atoms with E-state index in [9.17, 15) is 4.79 Å². The lowest BCUT2D eigenvalue weighted by Gasteiger charge is -2.16. The first-order valence-electron chi connectivity index (χ1n) is 5.53. The van der Waals surface area contributed by atoms with Crippen molar-refractivity contribution in [3.63, 3.8) is 0 Å². The van der Waals surface area contributed by atoms with E-state index in [1.807, 2.05) is 30.3 Å². The number of ether oxygens (including phenoxy) is 1. The Morgan fingerprint density at radius 1 is 1.38 bits per heavy atom. The molecule has 1 unspecified atom stereocenters. The van der Waals surface area contributed by atoms with Gasteiger partial charge in [0.2, 0.25) is 0 Å². The molecule has 0 bridgehead atoms. The smallest absolute Gasteiger partial charge is 0.302 e. The van der Waals surface area contributed by atoms with Crippen LogP contribution in [0.4, 0.5) is 0 Å². The third-order valence-corrected chi connectivity index (χ3v) is 2.47. The quantitative estimate of drug-likeness (QED) is 0.750. The third-order valence-electron chi connectivity index (χ3n) is 2.47. The molecule has 3 nitrogen and oxygen atoms in total. The Hall–Kier alpha value is -1.35. The van der Waals surface area contributed by atoms with Crippen molar-refractivity contribution in [2.75, 3.05) is 13.2 Å². The summed E-state index contributed by atoms with van der Waals surface area (Å²) in [4.78, 5) is 10.8.